The van der Waals surface area contributed by atoms with Gasteiger partial charge in [-0.15, -0.1) is 0 Å². The van der Waals surface area contributed by atoms with Gasteiger partial charge in [-0.2, -0.15) is 5.26 Å². The number of nitrogens with zero attached hydrogens (tertiary/aromatic N) is 3. The number of pyridine rings is 2. The van der Waals surface area contributed by atoms with Crippen LogP contribution >= 0.6 is 0 Å². The van der Waals surface area contributed by atoms with Crippen LogP contribution in [-0.4, -0.2) is 40.1 Å². The summed E-state index contributed by atoms with van der Waals surface area (Å²) in [4.78, 5) is 31.5. The van der Waals surface area contributed by atoms with E-state index in [0.29, 0.717) is 17.6 Å². The number of Topliss-reactive ketones (excluding diaryl/α,β-unsaturated/α-hetero) is 1. The molecule has 1 saturated carbocycles. The van der Waals surface area contributed by atoms with Crippen LogP contribution in [0.3, 0.4) is 0 Å². The summed E-state index contributed by atoms with van der Waals surface area (Å²) in [5.74, 6) is -0.106. The standard InChI is InChI=1S/C17H16N4O4/c18-6-3-12(22)14-13(8-20-11-2-1-7-19-15(11)14)25-10-17(4-5-17)9-21-16(23)24/h1-2,7-8,21H,3-5,9-10H2,(H,23,24). The first kappa shape index (κ1) is 16.6. The summed E-state index contributed by atoms with van der Waals surface area (Å²) in [6.45, 7) is 0.559. The number of nitrogens with one attached hydrogen (secondary N) is 1. The lowest BCUT2D eigenvalue weighted by atomic mass is 10.1. The van der Waals surface area contributed by atoms with Gasteiger partial charge in [-0.3, -0.25) is 14.8 Å². The van der Waals surface area contributed by atoms with Crippen molar-refractivity contribution in [1.82, 2.24) is 15.3 Å². The first-order valence-corrected chi connectivity index (χ1v) is 7.78. The molecular formula is C17H16N4O4. The molecule has 2 aromatic rings. The van der Waals surface area contributed by atoms with E-state index in [1.165, 1.54) is 6.20 Å². The maximum atomic E-state index is 12.4. The lowest BCUT2D eigenvalue weighted by molar-refractivity contribution is 0.0993. The highest BCUT2D eigenvalue weighted by Crippen LogP contribution is 2.45. The smallest absolute Gasteiger partial charge is 0.404 e. The maximum Gasteiger partial charge on any atom is 0.404 e. The van der Waals surface area contributed by atoms with Crippen LogP contribution in [0.2, 0.25) is 0 Å². The number of rotatable bonds is 7. The molecule has 1 aliphatic rings. The van der Waals surface area contributed by atoms with Gasteiger partial charge in [0.05, 0.1) is 36.4 Å². The van der Waals surface area contributed by atoms with Crippen LogP contribution in [0.25, 0.3) is 11.0 Å². The Labute approximate surface area is 143 Å². The predicted molar refractivity (Wildman–Crippen MR) is 87.3 cm³/mol. The molecular weight excluding hydrogens is 324 g/mol. The van der Waals surface area contributed by atoms with E-state index in [9.17, 15) is 9.59 Å². The van der Waals surface area contributed by atoms with E-state index < -0.39 is 6.09 Å². The molecule has 2 N–H and O–H groups in total. The topological polar surface area (TPSA) is 125 Å². The zero-order chi connectivity index (χ0) is 17.9. The summed E-state index contributed by atoms with van der Waals surface area (Å²) in [6.07, 6.45) is 3.33. The minimum absolute atomic E-state index is 0.245. The summed E-state index contributed by atoms with van der Waals surface area (Å²) in [5.41, 5.74) is 0.931. The SMILES string of the molecule is N#CCC(=O)c1c(OCC2(CNC(=O)O)CC2)cnc2cccnc12. The number of amides is 1. The van der Waals surface area contributed by atoms with Crippen molar-refractivity contribution in [3.8, 4) is 11.8 Å². The van der Waals surface area contributed by atoms with Crippen LogP contribution in [0.5, 0.6) is 5.75 Å². The summed E-state index contributed by atoms with van der Waals surface area (Å²) < 4.78 is 5.81. The largest absolute Gasteiger partial charge is 0.490 e. The van der Waals surface area contributed by atoms with Crippen LogP contribution in [-0.2, 0) is 0 Å². The maximum absolute atomic E-state index is 12.4. The van der Waals surface area contributed by atoms with Gasteiger partial charge in [0.1, 0.15) is 5.52 Å². The molecule has 8 heteroatoms. The lowest BCUT2D eigenvalue weighted by Gasteiger charge is -2.17. The number of aromatic nitrogens is 2. The number of ether oxygens (including phenoxy) is 1. The summed E-state index contributed by atoms with van der Waals surface area (Å²) in [7, 11) is 0. The summed E-state index contributed by atoms with van der Waals surface area (Å²) in [5, 5.41) is 19.9. The number of hydrogen-bond donors (Lipinski definition) is 2. The van der Waals surface area contributed by atoms with E-state index >= 15 is 0 Å². The van der Waals surface area contributed by atoms with Crippen molar-refractivity contribution >= 4 is 22.9 Å². The van der Waals surface area contributed by atoms with Crippen molar-refractivity contribution in [2.45, 2.75) is 19.3 Å². The lowest BCUT2D eigenvalue weighted by Crippen LogP contribution is -2.32. The third kappa shape index (κ3) is 3.66. The highest BCUT2D eigenvalue weighted by atomic mass is 16.5. The second-order valence-electron chi connectivity index (χ2n) is 6.07. The van der Waals surface area contributed by atoms with Crippen molar-refractivity contribution in [3.05, 3.63) is 30.1 Å². The average molecular weight is 340 g/mol. The van der Waals surface area contributed by atoms with Gasteiger partial charge in [-0.05, 0) is 25.0 Å². The minimum Gasteiger partial charge on any atom is -0.490 e. The molecule has 0 unspecified atom stereocenters. The van der Waals surface area contributed by atoms with Crippen molar-refractivity contribution in [2.24, 2.45) is 5.41 Å². The van der Waals surface area contributed by atoms with Gasteiger partial charge in [0.2, 0.25) is 0 Å². The molecule has 0 atom stereocenters. The molecule has 1 aliphatic carbocycles. The Balaban J connectivity index is 1.86. The molecule has 128 valence electrons. The van der Waals surface area contributed by atoms with E-state index in [1.54, 1.807) is 18.3 Å². The summed E-state index contributed by atoms with van der Waals surface area (Å²) in [6, 6.07) is 5.29. The second-order valence-corrected chi connectivity index (χ2v) is 6.07. The number of hydrogen-bond acceptors (Lipinski definition) is 6. The van der Waals surface area contributed by atoms with Gasteiger partial charge in [-0.1, -0.05) is 0 Å². The second kappa shape index (κ2) is 6.73. The third-order valence-electron chi connectivity index (χ3n) is 4.21. The Morgan fingerprint density at radius 3 is 2.88 bits per heavy atom. The van der Waals surface area contributed by atoms with Gasteiger partial charge in [0, 0.05) is 18.2 Å². The molecule has 25 heavy (non-hydrogen) atoms. The minimum atomic E-state index is -1.08. The number of ketones is 1. The van der Waals surface area contributed by atoms with E-state index in [-0.39, 0.29) is 35.5 Å². The van der Waals surface area contributed by atoms with E-state index in [4.69, 9.17) is 15.1 Å². The number of carboxylic acid groups (broad SMARTS) is 1. The molecule has 0 aliphatic heterocycles. The van der Waals surface area contributed by atoms with Crippen LogP contribution < -0.4 is 10.1 Å². The molecule has 0 saturated heterocycles. The van der Waals surface area contributed by atoms with Gasteiger partial charge in [0.15, 0.2) is 11.5 Å². The molecule has 0 radical (unpaired) electrons. The molecule has 1 amide bonds. The molecule has 3 rings (SSSR count). The molecule has 1 fully saturated rings. The molecule has 2 heterocycles. The first-order chi connectivity index (χ1) is 12.0. The Bertz CT molecular complexity index is 871. The van der Waals surface area contributed by atoms with Gasteiger partial charge < -0.3 is 15.2 Å². The average Bonchev–Trinajstić information content (AvgIpc) is 3.38. The fraction of sp³-hybridized carbons (Fsp3) is 0.353. The highest BCUT2D eigenvalue weighted by Gasteiger charge is 2.44. The third-order valence-corrected chi connectivity index (χ3v) is 4.21. The number of carbonyl (C=O) groups is 2. The van der Waals surface area contributed by atoms with Gasteiger partial charge in [0.25, 0.3) is 0 Å². The first-order valence-electron chi connectivity index (χ1n) is 7.78. The normalized spacial score (nSPS) is 14.5. The highest BCUT2D eigenvalue weighted by molar-refractivity contribution is 6.08. The fourth-order valence-corrected chi connectivity index (χ4v) is 2.59. The van der Waals surface area contributed by atoms with Crippen LogP contribution in [0.1, 0.15) is 29.6 Å². The monoisotopic (exact) mass is 340 g/mol. The number of carbonyl (C=O) groups excluding carboxylic acids is 1. The fourth-order valence-electron chi connectivity index (χ4n) is 2.59. The number of fused-ring (bicyclic) bond motifs is 1. The Kier molecular flexibility index (Phi) is 4.48. The number of nitriles is 1. The molecule has 0 aromatic carbocycles. The van der Waals surface area contributed by atoms with Gasteiger partial charge in [-0.25, -0.2) is 4.79 Å². The van der Waals surface area contributed by atoms with E-state index in [2.05, 4.69) is 15.3 Å². The molecule has 8 nitrogen and oxygen atoms in total. The summed E-state index contributed by atoms with van der Waals surface area (Å²) >= 11 is 0. The Morgan fingerprint density at radius 2 is 2.20 bits per heavy atom. The van der Waals surface area contributed by atoms with E-state index in [0.717, 1.165) is 12.8 Å². The van der Waals surface area contributed by atoms with Crippen molar-refractivity contribution in [3.63, 3.8) is 0 Å². The zero-order valence-electron chi connectivity index (χ0n) is 13.4. The van der Waals surface area contributed by atoms with Crippen molar-refractivity contribution < 1.29 is 19.4 Å². The van der Waals surface area contributed by atoms with Crippen molar-refractivity contribution in [1.29, 1.82) is 5.26 Å². The van der Waals surface area contributed by atoms with E-state index in [1.807, 2.05) is 6.07 Å². The quantitative estimate of drug-likeness (QED) is 0.740. The van der Waals surface area contributed by atoms with Gasteiger partial charge >= 0.3 is 6.09 Å². The Hall–Kier alpha value is -3.21. The molecule has 0 spiro atoms. The van der Waals surface area contributed by atoms with Crippen LogP contribution in [0, 0.1) is 16.7 Å². The molecule has 2 aromatic heterocycles. The molecule has 0 bridgehead atoms. The van der Waals surface area contributed by atoms with Crippen LogP contribution in [0.4, 0.5) is 4.79 Å². The van der Waals surface area contributed by atoms with Crippen molar-refractivity contribution in [2.75, 3.05) is 13.2 Å². The van der Waals surface area contributed by atoms with Crippen LogP contribution in [0.15, 0.2) is 24.5 Å². The Morgan fingerprint density at radius 1 is 1.40 bits per heavy atom. The predicted octanol–water partition coefficient (Wildman–Crippen LogP) is 2.15. The zero-order valence-corrected chi connectivity index (χ0v) is 13.4.